The van der Waals surface area contributed by atoms with Crippen molar-refractivity contribution in [3.05, 3.63) is 53.6 Å². The van der Waals surface area contributed by atoms with E-state index in [4.69, 9.17) is 9.47 Å². The third kappa shape index (κ3) is 4.39. The van der Waals surface area contributed by atoms with Crippen molar-refractivity contribution in [1.82, 2.24) is 18.6 Å². The minimum atomic E-state index is -3.95. The number of rotatable bonds is 5. The number of benzene rings is 1. The van der Waals surface area contributed by atoms with Crippen molar-refractivity contribution in [2.24, 2.45) is 0 Å². The summed E-state index contributed by atoms with van der Waals surface area (Å²) < 4.78 is 54.9. The zero-order valence-corrected chi connectivity index (χ0v) is 20.2. The summed E-state index contributed by atoms with van der Waals surface area (Å²) in [6.45, 7) is 1.68. The van der Waals surface area contributed by atoms with Crippen LogP contribution in [0.15, 0.2) is 36.7 Å². The van der Waals surface area contributed by atoms with Crippen LogP contribution in [0.25, 0.3) is 5.52 Å². The van der Waals surface area contributed by atoms with E-state index in [1.165, 1.54) is 36.9 Å². The monoisotopic (exact) mass is 503 g/mol. The van der Waals surface area contributed by atoms with Crippen LogP contribution in [0.1, 0.15) is 41.2 Å². The molecule has 1 unspecified atom stereocenters. The molecule has 2 aliphatic heterocycles. The van der Waals surface area contributed by atoms with E-state index < -0.39 is 16.1 Å². The molecule has 1 amide bonds. The van der Waals surface area contributed by atoms with E-state index in [9.17, 15) is 17.6 Å². The van der Waals surface area contributed by atoms with Gasteiger partial charge in [0.1, 0.15) is 5.82 Å². The van der Waals surface area contributed by atoms with Crippen LogP contribution in [-0.2, 0) is 10.2 Å². The van der Waals surface area contributed by atoms with E-state index in [2.05, 4.69) is 10.00 Å². The summed E-state index contributed by atoms with van der Waals surface area (Å²) in [5.41, 5.74) is 2.11. The molecular weight excluding hydrogens is 477 g/mol. The minimum Gasteiger partial charge on any atom is -0.489 e. The Balaban J connectivity index is 1.51. The molecule has 1 fully saturated rings. The van der Waals surface area contributed by atoms with E-state index in [1.54, 1.807) is 12.3 Å². The molecule has 35 heavy (non-hydrogen) atoms. The number of carbonyl (C=O) groups is 1. The Bertz CT molecular complexity index is 1390. The smallest absolute Gasteiger partial charge is 0.303 e. The van der Waals surface area contributed by atoms with Crippen LogP contribution in [0.4, 0.5) is 10.1 Å². The van der Waals surface area contributed by atoms with E-state index in [0.717, 1.165) is 41.4 Å². The van der Waals surface area contributed by atoms with E-state index in [-0.39, 0.29) is 17.4 Å². The van der Waals surface area contributed by atoms with Crippen LogP contribution in [0.5, 0.6) is 11.5 Å². The number of ether oxygens (including phenoxy) is 2. The Labute approximate surface area is 202 Å². The summed E-state index contributed by atoms with van der Waals surface area (Å²) in [6.07, 6.45) is 5.44. The van der Waals surface area contributed by atoms with Gasteiger partial charge in [-0.15, -0.1) is 0 Å². The summed E-state index contributed by atoms with van der Waals surface area (Å²) in [5.74, 6) is -0.176. The van der Waals surface area contributed by atoms with Crippen molar-refractivity contribution in [2.45, 2.75) is 25.3 Å². The fourth-order valence-corrected chi connectivity index (χ4v) is 5.03. The molecule has 10 nitrogen and oxygen atoms in total. The molecule has 2 aliphatic rings. The number of pyridine rings is 1. The predicted molar refractivity (Wildman–Crippen MR) is 127 cm³/mol. The highest BCUT2D eigenvalue weighted by Crippen LogP contribution is 2.45. The van der Waals surface area contributed by atoms with Gasteiger partial charge < -0.3 is 14.4 Å². The summed E-state index contributed by atoms with van der Waals surface area (Å²) >= 11 is 0. The first-order chi connectivity index (χ1) is 16.7. The highest BCUT2D eigenvalue weighted by atomic mass is 32.2. The maximum atomic E-state index is 14.5. The van der Waals surface area contributed by atoms with Gasteiger partial charge in [-0.1, -0.05) is 0 Å². The van der Waals surface area contributed by atoms with Crippen LogP contribution < -0.4 is 19.1 Å². The number of hydrogen-bond acceptors (Lipinski definition) is 7. The first kappa shape index (κ1) is 23.4. The van der Waals surface area contributed by atoms with Gasteiger partial charge in [-0.2, -0.15) is 17.8 Å². The second-order valence-electron chi connectivity index (χ2n) is 8.72. The standard InChI is InChI=1S/C23H26FN5O5S/c1-27(2)35(31,32)26-23(30)18-14-25-29-8-6-16(13-20(18)29)28-7-3-5-19(28)17-11-15(24)12-21-22(17)34-10-4-9-33-21/h6,8,11-14,19H,3-5,7,9-10H2,1-2H3,(H,26,30). The fraction of sp³-hybridized carbons (Fsp3) is 0.391. The van der Waals surface area contributed by atoms with E-state index in [0.29, 0.717) is 30.2 Å². The SMILES string of the molecule is CN(C)S(=O)(=O)NC(=O)c1cnn2ccc(N3CCCC3c3cc(F)cc4c3OCCCO4)cc12. The molecule has 0 spiro atoms. The molecule has 1 N–H and O–H groups in total. The second kappa shape index (κ2) is 9.00. The molecule has 1 saturated heterocycles. The molecule has 186 valence electrons. The number of carbonyl (C=O) groups excluding carboxylic acids is 1. The summed E-state index contributed by atoms with van der Waals surface area (Å²) in [6, 6.07) is 6.36. The third-order valence-corrected chi connectivity index (χ3v) is 7.64. The third-order valence-electron chi connectivity index (χ3n) is 6.24. The molecule has 4 heterocycles. The lowest BCUT2D eigenvalue weighted by Gasteiger charge is -2.29. The number of nitrogens with one attached hydrogen (secondary N) is 1. The van der Waals surface area contributed by atoms with Gasteiger partial charge in [0.25, 0.3) is 5.91 Å². The molecule has 0 radical (unpaired) electrons. The van der Waals surface area contributed by atoms with Crippen molar-refractivity contribution in [1.29, 1.82) is 0 Å². The van der Waals surface area contributed by atoms with Crippen molar-refractivity contribution in [3.8, 4) is 11.5 Å². The molecule has 12 heteroatoms. The number of halogens is 1. The Morgan fingerprint density at radius 3 is 2.80 bits per heavy atom. The van der Waals surface area contributed by atoms with Gasteiger partial charge in [0.05, 0.1) is 36.5 Å². The van der Waals surface area contributed by atoms with Gasteiger partial charge in [0, 0.05) is 50.6 Å². The number of amides is 1. The Morgan fingerprint density at radius 2 is 2.00 bits per heavy atom. The normalized spacial score (nSPS) is 18.2. The molecular formula is C23H26FN5O5S. The minimum absolute atomic E-state index is 0.129. The number of anilines is 1. The Kier molecular flexibility index (Phi) is 6.01. The average molecular weight is 504 g/mol. The van der Waals surface area contributed by atoms with Crippen molar-refractivity contribution < 1.29 is 27.1 Å². The quantitative estimate of drug-likeness (QED) is 0.570. The lowest BCUT2D eigenvalue weighted by molar-refractivity contribution is 0.0981. The highest BCUT2D eigenvalue weighted by molar-refractivity contribution is 7.87. The van der Waals surface area contributed by atoms with Crippen LogP contribution in [0, 0.1) is 5.82 Å². The van der Waals surface area contributed by atoms with Gasteiger partial charge in [0.2, 0.25) is 0 Å². The zero-order valence-electron chi connectivity index (χ0n) is 19.4. The van der Waals surface area contributed by atoms with Crippen LogP contribution in [0.2, 0.25) is 0 Å². The second-order valence-corrected chi connectivity index (χ2v) is 10.6. The Hall–Kier alpha value is -3.38. The lowest BCUT2D eigenvalue weighted by atomic mass is 10.0. The molecule has 3 aromatic rings. The molecule has 1 aromatic carbocycles. The summed E-state index contributed by atoms with van der Waals surface area (Å²) in [7, 11) is -1.29. The number of nitrogens with zero attached hydrogens (tertiary/aromatic N) is 4. The predicted octanol–water partition coefficient (Wildman–Crippen LogP) is 2.51. The van der Waals surface area contributed by atoms with Crippen LogP contribution in [0.3, 0.4) is 0 Å². The lowest BCUT2D eigenvalue weighted by Crippen LogP contribution is -2.39. The zero-order chi connectivity index (χ0) is 24.7. The van der Waals surface area contributed by atoms with Crippen LogP contribution >= 0.6 is 0 Å². The highest BCUT2D eigenvalue weighted by Gasteiger charge is 2.32. The number of aromatic nitrogens is 2. The number of fused-ring (bicyclic) bond motifs is 2. The van der Waals surface area contributed by atoms with Crippen molar-refractivity contribution in [3.63, 3.8) is 0 Å². The topological polar surface area (TPSA) is 105 Å². The number of hydrogen-bond donors (Lipinski definition) is 1. The average Bonchev–Trinajstić information content (AvgIpc) is 3.39. The Morgan fingerprint density at radius 1 is 1.20 bits per heavy atom. The molecule has 0 bridgehead atoms. The van der Waals surface area contributed by atoms with Gasteiger partial charge in [-0.3, -0.25) is 4.79 Å². The first-order valence-electron chi connectivity index (χ1n) is 11.3. The van der Waals surface area contributed by atoms with Crippen molar-refractivity contribution in [2.75, 3.05) is 38.8 Å². The maximum absolute atomic E-state index is 14.5. The van der Waals surface area contributed by atoms with E-state index >= 15 is 0 Å². The molecule has 0 aliphatic carbocycles. The van der Waals surface area contributed by atoms with Crippen molar-refractivity contribution >= 4 is 27.3 Å². The summed E-state index contributed by atoms with van der Waals surface area (Å²) in [5, 5.41) is 4.18. The molecule has 5 rings (SSSR count). The molecule has 1 atom stereocenters. The first-order valence-corrected chi connectivity index (χ1v) is 12.8. The van der Waals surface area contributed by atoms with Crippen LogP contribution in [-0.4, -0.2) is 62.1 Å². The van der Waals surface area contributed by atoms with Gasteiger partial charge >= 0.3 is 10.2 Å². The van der Waals surface area contributed by atoms with Gasteiger partial charge in [-0.25, -0.2) is 13.6 Å². The maximum Gasteiger partial charge on any atom is 0.303 e. The fourth-order valence-electron chi connectivity index (χ4n) is 4.50. The summed E-state index contributed by atoms with van der Waals surface area (Å²) in [4.78, 5) is 14.9. The molecule has 0 saturated carbocycles. The van der Waals surface area contributed by atoms with E-state index in [1.807, 2.05) is 10.8 Å². The molecule has 2 aromatic heterocycles. The van der Waals surface area contributed by atoms with Gasteiger partial charge in [-0.05, 0) is 31.0 Å². The largest absolute Gasteiger partial charge is 0.489 e. The van der Waals surface area contributed by atoms with Gasteiger partial charge in [0.15, 0.2) is 11.5 Å².